The molecule has 0 saturated heterocycles. The molecule has 0 bridgehead atoms. The molecular weight excluding hydrogens is 280 g/mol. The third-order valence-corrected chi connectivity index (χ3v) is 4.96. The number of hydrogen-bond donors (Lipinski definition) is 2. The maximum atomic E-state index is 12.1. The zero-order chi connectivity index (χ0) is 13.9. The summed E-state index contributed by atoms with van der Waals surface area (Å²) in [6.07, 6.45) is 4.44. The zero-order valence-corrected chi connectivity index (χ0v) is 12.5. The summed E-state index contributed by atoms with van der Waals surface area (Å²) in [5.41, 5.74) is 1.02. The van der Waals surface area contributed by atoms with E-state index in [1.165, 1.54) is 12.8 Å². The molecule has 6 heteroatoms. The second-order valence-corrected chi connectivity index (χ2v) is 6.96. The Balaban J connectivity index is 2.00. The highest BCUT2D eigenvalue weighted by Crippen LogP contribution is 2.17. The average molecular weight is 298 g/mol. The van der Waals surface area contributed by atoms with Gasteiger partial charge in [0.1, 0.15) is 0 Å². The molecule has 4 nitrogen and oxygen atoms in total. The van der Waals surface area contributed by atoms with E-state index in [0.29, 0.717) is 6.04 Å². The lowest BCUT2D eigenvalue weighted by atomic mass is 10.2. The van der Waals surface area contributed by atoms with Crippen molar-refractivity contribution in [1.82, 2.24) is 10.0 Å². The van der Waals surface area contributed by atoms with Crippen molar-refractivity contribution < 1.29 is 8.42 Å². The van der Waals surface area contributed by atoms with Crippen molar-refractivity contribution in [2.75, 3.05) is 0 Å². The number of rotatable bonds is 3. The van der Waals surface area contributed by atoms with Crippen LogP contribution in [0.15, 0.2) is 29.2 Å². The maximum Gasteiger partial charge on any atom is 0.263 e. The summed E-state index contributed by atoms with van der Waals surface area (Å²) in [6, 6.07) is 6.99. The van der Waals surface area contributed by atoms with Crippen LogP contribution in [0.3, 0.4) is 0 Å². The monoisotopic (exact) mass is 298 g/mol. The molecule has 0 spiro atoms. The van der Waals surface area contributed by atoms with Crippen molar-refractivity contribution in [3.8, 4) is 0 Å². The predicted octanol–water partition coefficient (Wildman–Crippen LogP) is 2.09. The summed E-state index contributed by atoms with van der Waals surface area (Å²) in [6.45, 7) is 1.91. The van der Waals surface area contributed by atoms with Gasteiger partial charge in [0, 0.05) is 6.04 Å². The van der Waals surface area contributed by atoms with Gasteiger partial charge in [0.2, 0.25) is 0 Å². The molecule has 0 aliphatic heterocycles. The first-order valence-electron chi connectivity index (χ1n) is 6.37. The van der Waals surface area contributed by atoms with Gasteiger partial charge in [-0.15, -0.1) is 0 Å². The van der Waals surface area contributed by atoms with Crippen LogP contribution in [-0.4, -0.2) is 19.6 Å². The number of thiocarbonyl (C=S) groups is 1. The Labute approximate surface area is 119 Å². The summed E-state index contributed by atoms with van der Waals surface area (Å²) in [5.74, 6) is 0. The minimum Gasteiger partial charge on any atom is -0.359 e. The molecule has 1 fully saturated rings. The Morgan fingerprint density at radius 1 is 1.21 bits per heavy atom. The van der Waals surface area contributed by atoms with E-state index in [0.717, 1.165) is 18.4 Å². The Kier molecular flexibility index (Phi) is 4.42. The van der Waals surface area contributed by atoms with Gasteiger partial charge < -0.3 is 5.32 Å². The molecule has 0 radical (unpaired) electrons. The maximum absolute atomic E-state index is 12.1. The molecule has 1 aromatic carbocycles. The molecule has 0 atom stereocenters. The molecule has 1 aliphatic carbocycles. The molecule has 0 heterocycles. The topological polar surface area (TPSA) is 58.2 Å². The number of hydrogen-bond acceptors (Lipinski definition) is 3. The number of benzene rings is 1. The quantitative estimate of drug-likeness (QED) is 0.839. The summed E-state index contributed by atoms with van der Waals surface area (Å²) in [5, 5.41) is 3.24. The van der Waals surface area contributed by atoms with Crippen molar-refractivity contribution in [2.45, 2.75) is 43.5 Å². The van der Waals surface area contributed by atoms with Crippen LogP contribution in [0.2, 0.25) is 0 Å². The first-order valence-corrected chi connectivity index (χ1v) is 8.26. The molecular formula is C13H18N2O2S2. The van der Waals surface area contributed by atoms with Crippen molar-refractivity contribution >= 4 is 27.4 Å². The fraction of sp³-hybridized carbons (Fsp3) is 0.462. The Hall–Kier alpha value is -1.14. The highest BCUT2D eigenvalue weighted by Gasteiger charge is 2.19. The first kappa shape index (κ1) is 14.3. The normalized spacial score (nSPS) is 16.3. The van der Waals surface area contributed by atoms with E-state index in [-0.39, 0.29) is 10.0 Å². The van der Waals surface area contributed by atoms with Gasteiger partial charge in [0.05, 0.1) is 4.90 Å². The van der Waals surface area contributed by atoms with E-state index in [4.69, 9.17) is 12.2 Å². The molecule has 2 rings (SSSR count). The second kappa shape index (κ2) is 5.88. The summed E-state index contributed by atoms with van der Waals surface area (Å²) in [4.78, 5) is 0.230. The molecule has 0 aromatic heterocycles. The Morgan fingerprint density at radius 3 is 2.37 bits per heavy atom. The van der Waals surface area contributed by atoms with Crippen LogP contribution in [0.1, 0.15) is 31.2 Å². The SMILES string of the molecule is Cc1ccc(S(=O)(=O)NC(=S)NC2CCCC2)cc1. The molecule has 1 saturated carbocycles. The second-order valence-electron chi connectivity index (χ2n) is 4.87. The molecule has 0 unspecified atom stereocenters. The van der Waals surface area contributed by atoms with Crippen LogP contribution < -0.4 is 10.0 Å². The first-order chi connectivity index (χ1) is 8.97. The number of nitrogens with one attached hydrogen (secondary N) is 2. The number of sulfonamides is 1. The van der Waals surface area contributed by atoms with E-state index in [1.54, 1.807) is 24.3 Å². The van der Waals surface area contributed by atoms with E-state index in [1.807, 2.05) is 6.92 Å². The highest BCUT2D eigenvalue weighted by molar-refractivity contribution is 7.91. The average Bonchev–Trinajstić information content (AvgIpc) is 2.81. The molecule has 0 amide bonds. The van der Waals surface area contributed by atoms with Crippen LogP contribution >= 0.6 is 12.2 Å². The summed E-state index contributed by atoms with van der Waals surface area (Å²) >= 11 is 5.06. The van der Waals surface area contributed by atoms with Gasteiger partial charge in [-0.2, -0.15) is 0 Å². The lowest BCUT2D eigenvalue weighted by molar-refractivity contribution is 0.588. The van der Waals surface area contributed by atoms with Gasteiger partial charge in [-0.25, -0.2) is 8.42 Å². The van der Waals surface area contributed by atoms with Crippen molar-refractivity contribution in [3.05, 3.63) is 29.8 Å². The fourth-order valence-electron chi connectivity index (χ4n) is 2.18. The zero-order valence-electron chi connectivity index (χ0n) is 10.8. The van der Waals surface area contributed by atoms with Crippen LogP contribution in [0.25, 0.3) is 0 Å². The Morgan fingerprint density at radius 2 is 1.79 bits per heavy atom. The minimum absolute atomic E-state index is 0.187. The lowest BCUT2D eigenvalue weighted by Crippen LogP contribution is -2.43. The van der Waals surface area contributed by atoms with Crippen LogP contribution in [0, 0.1) is 6.92 Å². The molecule has 2 N–H and O–H groups in total. The number of aryl methyl sites for hydroxylation is 1. The fourth-order valence-corrected chi connectivity index (χ4v) is 3.59. The largest absolute Gasteiger partial charge is 0.359 e. The lowest BCUT2D eigenvalue weighted by Gasteiger charge is -2.15. The Bertz CT molecular complexity index is 547. The molecule has 1 aliphatic rings. The van der Waals surface area contributed by atoms with E-state index in [2.05, 4.69) is 10.0 Å². The van der Waals surface area contributed by atoms with Crippen molar-refractivity contribution in [3.63, 3.8) is 0 Å². The smallest absolute Gasteiger partial charge is 0.263 e. The van der Waals surface area contributed by atoms with Crippen LogP contribution in [0.4, 0.5) is 0 Å². The van der Waals surface area contributed by atoms with Crippen LogP contribution in [-0.2, 0) is 10.0 Å². The van der Waals surface area contributed by atoms with Crippen LogP contribution in [0.5, 0.6) is 0 Å². The van der Waals surface area contributed by atoms with Gasteiger partial charge in [0.25, 0.3) is 10.0 Å². The molecule has 104 valence electrons. The summed E-state index contributed by atoms with van der Waals surface area (Å²) in [7, 11) is -3.57. The third-order valence-electron chi connectivity index (χ3n) is 3.25. The molecule has 1 aromatic rings. The van der Waals surface area contributed by atoms with Gasteiger partial charge >= 0.3 is 0 Å². The molecule has 19 heavy (non-hydrogen) atoms. The highest BCUT2D eigenvalue weighted by atomic mass is 32.2. The minimum atomic E-state index is -3.57. The van der Waals surface area contributed by atoms with Gasteiger partial charge in [-0.1, -0.05) is 30.5 Å². The van der Waals surface area contributed by atoms with Gasteiger partial charge in [0.15, 0.2) is 5.11 Å². The van der Waals surface area contributed by atoms with Crippen molar-refractivity contribution in [2.24, 2.45) is 0 Å². The van der Waals surface area contributed by atoms with E-state index >= 15 is 0 Å². The standard InChI is InChI=1S/C13H18N2O2S2/c1-10-6-8-12(9-7-10)19(16,17)15-13(18)14-11-4-2-3-5-11/h6-9,11H,2-5H2,1H3,(H2,14,15,18). The predicted molar refractivity (Wildman–Crippen MR) is 79.5 cm³/mol. The van der Waals surface area contributed by atoms with Crippen molar-refractivity contribution in [1.29, 1.82) is 0 Å². The third kappa shape index (κ3) is 3.91. The van der Waals surface area contributed by atoms with Gasteiger partial charge in [-0.3, -0.25) is 4.72 Å². The van der Waals surface area contributed by atoms with E-state index in [9.17, 15) is 8.42 Å². The van der Waals surface area contributed by atoms with E-state index < -0.39 is 10.0 Å². The summed E-state index contributed by atoms with van der Waals surface area (Å²) < 4.78 is 26.6. The van der Waals surface area contributed by atoms with Gasteiger partial charge in [-0.05, 0) is 44.1 Å².